The van der Waals surface area contributed by atoms with E-state index in [0.717, 1.165) is 71.6 Å². The van der Waals surface area contributed by atoms with Crippen molar-refractivity contribution >= 4 is 28.3 Å². The van der Waals surface area contributed by atoms with Crippen molar-refractivity contribution in [3.8, 4) is 17.1 Å². The van der Waals surface area contributed by atoms with E-state index in [1.165, 1.54) is 0 Å². The van der Waals surface area contributed by atoms with Crippen LogP contribution in [0.1, 0.15) is 21.8 Å². The lowest BCUT2D eigenvalue weighted by Gasteiger charge is -2.28. The summed E-state index contributed by atoms with van der Waals surface area (Å²) < 4.78 is 16.3. The number of benzene rings is 3. The second kappa shape index (κ2) is 10.4. The van der Waals surface area contributed by atoms with E-state index in [1.807, 2.05) is 67.6 Å². The molecule has 2 N–H and O–H groups in total. The number of carbonyl (C=O) groups is 1. The van der Waals surface area contributed by atoms with Crippen LogP contribution in [0.2, 0.25) is 0 Å². The second-order valence-corrected chi connectivity index (χ2v) is 9.16. The number of H-pyrrole nitrogens is 1. The summed E-state index contributed by atoms with van der Waals surface area (Å²) in [5, 5.41) is 6.92. The van der Waals surface area contributed by atoms with Gasteiger partial charge in [-0.25, -0.2) is 4.98 Å². The van der Waals surface area contributed by atoms with Crippen LogP contribution in [0.3, 0.4) is 0 Å². The Balaban J connectivity index is 1.10. The van der Waals surface area contributed by atoms with Crippen molar-refractivity contribution in [1.82, 2.24) is 15.1 Å². The molecule has 3 aromatic carbocycles. The number of aromatic nitrogens is 3. The van der Waals surface area contributed by atoms with Crippen LogP contribution in [0.15, 0.2) is 77.3 Å². The number of aromatic amines is 1. The quantitative estimate of drug-likeness (QED) is 0.311. The first-order valence-corrected chi connectivity index (χ1v) is 12.5. The standard InChI is InChI=1S/C29H27N5O4/c1-19-16-23(33-38-19)18-37-25-10-11-26-27(17-25)32-28(31-26)20-2-4-21(5-3-20)29(35)30-22-6-8-24(9-7-22)34-12-14-36-15-13-34/h2-11,16-17H,12-15,18H2,1H3,(H,30,35)(H,31,32). The van der Waals surface area contributed by atoms with Crippen molar-refractivity contribution in [3.05, 3.63) is 89.8 Å². The summed E-state index contributed by atoms with van der Waals surface area (Å²) in [5.74, 6) is 2.01. The fourth-order valence-corrected chi connectivity index (χ4v) is 4.42. The first-order chi connectivity index (χ1) is 18.6. The normalized spacial score (nSPS) is 13.6. The number of aryl methyl sites for hydroxylation is 1. The minimum absolute atomic E-state index is 0.163. The van der Waals surface area contributed by atoms with Gasteiger partial charge in [-0.05, 0) is 55.5 Å². The first-order valence-electron chi connectivity index (χ1n) is 12.5. The zero-order valence-electron chi connectivity index (χ0n) is 20.9. The number of imidazole rings is 1. The predicted molar refractivity (Wildman–Crippen MR) is 145 cm³/mol. The van der Waals surface area contributed by atoms with E-state index < -0.39 is 0 Å². The molecule has 192 valence electrons. The molecule has 2 aromatic heterocycles. The largest absolute Gasteiger partial charge is 0.487 e. The van der Waals surface area contributed by atoms with Crippen LogP contribution in [0.5, 0.6) is 5.75 Å². The van der Waals surface area contributed by atoms with Gasteiger partial charge in [-0.1, -0.05) is 17.3 Å². The number of carbonyl (C=O) groups excluding carboxylic acids is 1. The third kappa shape index (κ3) is 5.23. The van der Waals surface area contributed by atoms with E-state index in [1.54, 1.807) is 12.1 Å². The number of nitrogens with zero attached hydrogens (tertiary/aromatic N) is 3. The third-order valence-electron chi connectivity index (χ3n) is 6.44. The fourth-order valence-electron chi connectivity index (χ4n) is 4.42. The van der Waals surface area contributed by atoms with E-state index in [4.69, 9.17) is 14.0 Å². The van der Waals surface area contributed by atoms with Gasteiger partial charge in [-0.15, -0.1) is 0 Å². The topological polar surface area (TPSA) is 106 Å². The highest BCUT2D eigenvalue weighted by molar-refractivity contribution is 6.04. The van der Waals surface area contributed by atoms with E-state index in [-0.39, 0.29) is 5.91 Å². The Morgan fingerprint density at radius 3 is 2.55 bits per heavy atom. The van der Waals surface area contributed by atoms with Gasteiger partial charge in [-0.2, -0.15) is 0 Å². The molecule has 38 heavy (non-hydrogen) atoms. The molecule has 3 heterocycles. The Hall–Kier alpha value is -4.63. The summed E-state index contributed by atoms with van der Waals surface area (Å²) in [6.07, 6.45) is 0. The van der Waals surface area contributed by atoms with Crippen LogP contribution in [0.25, 0.3) is 22.4 Å². The zero-order chi connectivity index (χ0) is 25.9. The minimum atomic E-state index is -0.163. The van der Waals surface area contributed by atoms with Gasteiger partial charge in [0.1, 0.15) is 29.6 Å². The minimum Gasteiger partial charge on any atom is -0.487 e. The molecule has 0 radical (unpaired) electrons. The van der Waals surface area contributed by atoms with Crippen molar-refractivity contribution in [2.75, 3.05) is 36.5 Å². The molecule has 9 heteroatoms. The molecule has 9 nitrogen and oxygen atoms in total. The summed E-state index contributed by atoms with van der Waals surface area (Å²) in [4.78, 5) is 23.1. The van der Waals surface area contributed by atoms with Gasteiger partial charge in [0.25, 0.3) is 5.91 Å². The van der Waals surface area contributed by atoms with Crippen LogP contribution in [0.4, 0.5) is 11.4 Å². The number of ether oxygens (including phenoxy) is 2. The number of fused-ring (bicyclic) bond motifs is 1. The summed E-state index contributed by atoms with van der Waals surface area (Å²) in [6, 6.07) is 22.8. The van der Waals surface area contributed by atoms with Crippen LogP contribution in [-0.4, -0.2) is 47.3 Å². The van der Waals surface area contributed by atoms with Crippen LogP contribution < -0.4 is 15.0 Å². The van der Waals surface area contributed by atoms with Gasteiger partial charge in [0.15, 0.2) is 0 Å². The molecule has 0 unspecified atom stereocenters. The molecule has 5 aromatic rings. The summed E-state index contributed by atoms with van der Waals surface area (Å²) in [5.41, 5.74) is 5.76. The van der Waals surface area contributed by atoms with E-state index in [2.05, 4.69) is 25.3 Å². The number of nitrogens with one attached hydrogen (secondary N) is 2. The van der Waals surface area contributed by atoms with Gasteiger partial charge >= 0.3 is 0 Å². The van der Waals surface area contributed by atoms with Crippen molar-refractivity contribution < 1.29 is 18.8 Å². The molecule has 1 aliphatic rings. The molecule has 6 rings (SSSR count). The number of anilines is 2. The maximum atomic E-state index is 12.8. The molecule has 0 aliphatic carbocycles. The highest BCUT2D eigenvalue weighted by Gasteiger charge is 2.13. The van der Waals surface area contributed by atoms with Gasteiger partial charge < -0.3 is 29.2 Å². The maximum absolute atomic E-state index is 12.8. The molecular weight excluding hydrogens is 482 g/mol. The smallest absolute Gasteiger partial charge is 0.255 e. The zero-order valence-corrected chi connectivity index (χ0v) is 20.9. The van der Waals surface area contributed by atoms with Crippen LogP contribution in [0, 0.1) is 6.92 Å². The van der Waals surface area contributed by atoms with Crippen molar-refractivity contribution in [3.63, 3.8) is 0 Å². The highest BCUT2D eigenvalue weighted by atomic mass is 16.5. The average molecular weight is 510 g/mol. The van der Waals surface area contributed by atoms with E-state index in [0.29, 0.717) is 17.9 Å². The number of morpholine rings is 1. The Morgan fingerprint density at radius 1 is 1.03 bits per heavy atom. The Kier molecular flexibility index (Phi) is 6.49. The molecular formula is C29H27N5O4. The number of rotatable bonds is 7. The lowest BCUT2D eigenvalue weighted by Crippen LogP contribution is -2.36. The monoisotopic (exact) mass is 509 g/mol. The van der Waals surface area contributed by atoms with Crippen LogP contribution >= 0.6 is 0 Å². The van der Waals surface area contributed by atoms with Crippen LogP contribution in [-0.2, 0) is 11.3 Å². The maximum Gasteiger partial charge on any atom is 0.255 e. The lowest BCUT2D eigenvalue weighted by molar-refractivity contribution is 0.102. The second-order valence-electron chi connectivity index (χ2n) is 9.16. The lowest BCUT2D eigenvalue weighted by atomic mass is 10.1. The van der Waals surface area contributed by atoms with Crippen molar-refractivity contribution in [2.24, 2.45) is 0 Å². The molecule has 1 saturated heterocycles. The van der Waals surface area contributed by atoms with Crippen molar-refractivity contribution in [1.29, 1.82) is 0 Å². The molecule has 0 bridgehead atoms. The molecule has 1 aliphatic heterocycles. The summed E-state index contributed by atoms with van der Waals surface area (Å²) >= 11 is 0. The molecule has 1 fully saturated rings. The fraction of sp³-hybridized carbons (Fsp3) is 0.207. The first kappa shape index (κ1) is 23.7. The predicted octanol–water partition coefficient (Wildman–Crippen LogP) is 5.19. The van der Waals surface area contributed by atoms with E-state index >= 15 is 0 Å². The van der Waals surface area contributed by atoms with Gasteiger partial charge in [0.2, 0.25) is 0 Å². The number of hydrogen-bond acceptors (Lipinski definition) is 7. The van der Waals surface area contributed by atoms with Gasteiger partial charge in [-0.3, -0.25) is 4.79 Å². The van der Waals surface area contributed by atoms with Gasteiger partial charge in [0, 0.05) is 47.7 Å². The SMILES string of the molecule is Cc1cc(COc2ccc3nc(-c4ccc(C(=O)Nc5ccc(N6CCOCC6)cc5)cc4)[nH]c3c2)no1. The third-order valence-corrected chi connectivity index (χ3v) is 6.44. The molecule has 0 spiro atoms. The van der Waals surface area contributed by atoms with E-state index in [9.17, 15) is 4.79 Å². The molecule has 0 atom stereocenters. The molecule has 1 amide bonds. The Labute approximate surface area is 219 Å². The van der Waals surface area contributed by atoms with Gasteiger partial charge in [0.05, 0.1) is 24.2 Å². The highest BCUT2D eigenvalue weighted by Crippen LogP contribution is 2.25. The Bertz CT molecular complexity index is 1550. The Morgan fingerprint density at radius 2 is 1.82 bits per heavy atom. The molecule has 0 saturated carbocycles. The van der Waals surface area contributed by atoms with Crippen molar-refractivity contribution in [2.45, 2.75) is 13.5 Å². The summed E-state index contributed by atoms with van der Waals surface area (Å²) in [6.45, 7) is 5.40. The number of amides is 1. The average Bonchev–Trinajstić information content (AvgIpc) is 3.58. The number of hydrogen-bond donors (Lipinski definition) is 2. The summed E-state index contributed by atoms with van der Waals surface area (Å²) in [7, 11) is 0.